The van der Waals surface area contributed by atoms with Crippen molar-refractivity contribution in [1.29, 1.82) is 0 Å². The molecule has 0 heterocycles. The second kappa shape index (κ2) is 8.75. The number of alkyl halides is 3. The Morgan fingerprint density at radius 3 is 2.06 bits per heavy atom. The van der Waals surface area contributed by atoms with Crippen LogP contribution in [0.2, 0.25) is 0 Å². The normalized spacial score (nSPS) is 16.0. The average molecular weight is 268 g/mol. The van der Waals surface area contributed by atoms with Crippen LogP contribution in [0.3, 0.4) is 0 Å². The molecule has 5 heteroatoms. The highest BCUT2D eigenvalue weighted by atomic mass is 19.4. The Labute approximate surface area is 109 Å². The van der Waals surface area contributed by atoms with Gasteiger partial charge in [-0.05, 0) is 39.8 Å². The molecule has 1 N–H and O–H groups in total. The van der Waals surface area contributed by atoms with Crippen LogP contribution in [0, 0.1) is 0 Å². The Kier molecular flexibility index (Phi) is 8.61. The van der Waals surface area contributed by atoms with Gasteiger partial charge in [0.2, 0.25) is 0 Å². The van der Waals surface area contributed by atoms with Crippen molar-refractivity contribution >= 4 is 0 Å². The number of rotatable bonds is 9. The van der Waals surface area contributed by atoms with Gasteiger partial charge in [0.1, 0.15) is 0 Å². The largest absolute Gasteiger partial charge is 0.389 e. The lowest BCUT2D eigenvalue weighted by atomic mass is 10.1. The number of likely N-dealkylation sites (N-methyl/N-ethyl adjacent to an activating group) is 1. The van der Waals surface area contributed by atoms with Gasteiger partial charge in [-0.2, -0.15) is 13.2 Å². The summed E-state index contributed by atoms with van der Waals surface area (Å²) in [6.45, 7) is 11.2. The molecule has 0 fully saturated rings. The summed E-state index contributed by atoms with van der Waals surface area (Å²) in [7, 11) is 0. The molecule has 0 aromatic carbocycles. The second-order valence-corrected chi connectivity index (χ2v) is 4.96. The molecular weight excluding hydrogens is 241 g/mol. The van der Waals surface area contributed by atoms with Gasteiger partial charge in [0.15, 0.2) is 0 Å². The smallest absolute Gasteiger partial charge is 0.311 e. The van der Waals surface area contributed by atoms with E-state index in [2.05, 4.69) is 31.0 Å². The summed E-state index contributed by atoms with van der Waals surface area (Å²) in [5.74, 6) is 0. The molecule has 2 atom stereocenters. The number of halogens is 3. The van der Waals surface area contributed by atoms with Crippen molar-refractivity contribution in [1.82, 2.24) is 10.2 Å². The first-order valence-electron chi connectivity index (χ1n) is 6.83. The van der Waals surface area contributed by atoms with Crippen LogP contribution < -0.4 is 5.32 Å². The summed E-state index contributed by atoms with van der Waals surface area (Å²) in [5, 5.41) is 3.36. The molecule has 0 saturated carbocycles. The maximum Gasteiger partial charge on any atom is 0.389 e. The summed E-state index contributed by atoms with van der Waals surface area (Å²) in [4.78, 5) is 2.31. The van der Waals surface area contributed by atoms with Gasteiger partial charge in [-0.25, -0.2) is 0 Å². The van der Waals surface area contributed by atoms with Gasteiger partial charge < -0.3 is 10.2 Å². The van der Waals surface area contributed by atoms with E-state index in [0.717, 1.165) is 19.6 Å². The first-order chi connectivity index (χ1) is 8.28. The lowest BCUT2D eigenvalue weighted by Crippen LogP contribution is -2.43. The van der Waals surface area contributed by atoms with Gasteiger partial charge in [-0.1, -0.05) is 13.8 Å². The molecule has 0 aliphatic heterocycles. The maximum atomic E-state index is 12.0. The summed E-state index contributed by atoms with van der Waals surface area (Å²) in [5.41, 5.74) is 0. The fourth-order valence-corrected chi connectivity index (χ4v) is 2.10. The quantitative estimate of drug-likeness (QED) is 0.689. The third-order valence-electron chi connectivity index (χ3n) is 3.09. The summed E-state index contributed by atoms with van der Waals surface area (Å²) < 4.78 is 36.0. The van der Waals surface area contributed by atoms with E-state index in [-0.39, 0.29) is 12.5 Å². The average Bonchev–Trinajstić information content (AvgIpc) is 2.23. The van der Waals surface area contributed by atoms with Crippen molar-refractivity contribution in [2.45, 2.75) is 65.2 Å². The van der Waals surface area contributed by atoms with Gasteiger partial charge in [-0.15, -0.1) is 0 Å². The van der Waals surface area contributed by atoms with Gasteiger partial charge in [0.25, 0.3) is 0 Å². The molecule has 0 aliphatic rings. The van der Waals surface area contributed by atoms with Crippen LogP contribution in [0.4, 0.5) is 13.2 Å². The highest BCUT2D eigenvalue weighted by molar-refractivity contribution is 4.71. The van der Waals surface area contributed by atoms with E-state index in [4.69, 9.17) is 0 Å². The van der Waals surface area contributed by atoms with E-state index < -0.39 is 12.6 Å². The van der Waals surface area contributed by atoms with Crippen LogP contribution in [0.1, 0.15) is 47.0 Å². The zero-order valence-electron chi connectivity index (χ0n) is 12.0. The fraction of sp³-hybridized carbons (Fsp3) is 1.00. The third-order valence-corrected chi connectivity index (χ3v) is 3.09. The molecule has 18 heavy (non-hydrogen) atoms. The molecule has 2 nitrogen and oxygen atoms in total. The second-order valence-electron chi connectivity index (χ2n) is 4.96. The van der Waals surface area contributed by atoms with Gasteiger partial charge in [0.05, 0.1) is 0 Å². The van der Waals surface area contributed by atoms with Crippen molar-refractivity contribution in [2.24, 2.45) is 0 Å². The van der Waals surface area contributed by atoms with Gasteiger partial charge in [-0.3, -0.25) is 0 Å². The monoisotopic (exact) mass is 268 g/mol. The molecule has 0 spiro atoms. The van der Waals surface area contributed by atoms with Crippen LogP contribution in [0.25, 0.3) is 0 Å². The molecule has 0 aliphatic carbocycles. The van der Waals surface area contributed by atoms with Crippen molar-refractivity contribution < 1.29 is 13.2 Å². The maximum absolute atomic E-state index is 12.0. The highest BCUT2D eigenvalue weighted by Crippen LogP contribution is 2.22. The number of nitrogens with zero attached hydrogens (tertiary/aromatic N) is 1. The Bertz CT molecular complexity index is 203. The molecule has 0 saturated heterocycles. The van der Waals surface area contributed by atoms with Crippen molar-refractivity contribution in [2.75, 3.05) is 19.6 Å². The standard InChI is InChI=1S/C13H27F3N2/c1-5-18(6-2)10-12(4)17-11(3)8-7-9-13(14,15)16/h11-12,17H,5-10H2,1-4H3. The van der Waals surface area contributed by atoms with E-state index in [9.17, 15) is 13.2 Å². The van der Waals surface area contributed by atoms with E-state index in [1.54, 1.807) is 0 Å². The van der Waals surface area contributed by atoms with E-state index in [1.807, 2.05) is 6.92 Å². The summed E-state index contributed by atoms with van der Waals surface area (Å²) in [6.07, 6.45) is -3.92. The van der Waals surface area contributed by atoms with Crippen molar-refractivity contribution in [3.63, 3.8) is 0 Å². The number of hydrogen-bond acceptors (Lipinski definition) is 2. The van der Waals surface area contributed by atoms with E-state index in [1.165, 1.54) is 0 Å². The minimum Gasteiger partial charge on any atom is -0.311 e. The Balaban J connectivity index is 3.76. The lowest BCUT2D eigenvalue weighted by Gasteiger charge is -2.26. The lowest BCUT2D eigenvalue weighted by molar-refractivity contribution is -0.135. The zero-order chi connectivity index (χ0) is 14.2. The first kappa shape index (κ1) is 17.7. The number of hydrogen-bond donors (Lipinski definition) is 1. The van der Waals surface area contributed by atoms with Crippen LogP contribution in [-0.4, -0.2) is 42.8 Å². The van der Waals surface area contributed by atoms with Crippen LogP contribution in [0.15, 0.2) is 0 Å². The first-order valence-corrected chi connectivity index (χ1v) is 6.83. The molecule has 2 unspecified atom stereocenters. The predicted molar refractivity (Wildman–Crippen MR) is 69.8 cm³/mol. The molecule has 0 amide bonds. The van der Waals surface area contributed by atoms with Crippen LogP contribution in [0.5, 0.6) is 0 Å². The minimum absolute atomic E-state index is 0.137. The topological polar surface area (TPSA) is 15.3 Å². The van der Waals surface area contributed by atoms with E-state index >= 15 is 0 Å². The van der Waals surface area contributed by atoms with Crippen molar-refractivity contribution in [3.8, 4) is 0 Å². The van der Waals surface area contributed by atoms with Gasteiger partial charge >= 0.3 is 6.18 Å². The molecule has 0 aromatic rings. The van der Waals surface area contributed by atoms with Crippen LogP contribution >= 0.6 is 0 Å². The minimum atomic E-state index is -4.02. The molecule has 0 aromatic heterocycles. The summed E-state index contributed by atoms with van der Waals surface area (Å²) >= 11 is 0. The molecular formula is C13H27F3N2. The summed E-state index contributed by atoms with van der Waals surface area (Å²) in [6, 6.07) is 0.448. The SMILES string of the molecule is CCN(CC)CC(C)NC(C)CCCC(F)(F)F. The molecule has 0 bridgehead atoms. The van der Waals surface area contributed by atoms with E-state index in [0.29, 0.717) is 12.5 Å². The third kappa shape index (κ3) is 9.71. The Hall–Kier alpha value is -0.290. The molecule has 110 valence electrons. The molecule has 0 radical (unpaired) electrons. The van der Waals surface area contributed by atoms with Crippen LogP contribution in [-0.2, 0) is 0 Å². The molecule has 0 rings (SSSR count). The fourth-order valence-electron chi connectivity index (χ4n) is 2.10. The predicted octanol–water partition coefficient (Wildman–Crippen LogP) is 3.43. The Morgan fingerprint density at radius 1 is 1.06 bits per heavy atom. The number of nitrogens with one attached hydrogen (secondary N) is 1. The highest BCUT2D eigenvalue weighted by Gasteiger charge is 2.26. The van der Waals surface area contributed by atoms with Crippen molar-refractivity contribution in [3.05, 3.63) is 0 Å². The zero-order valence-corrected chi connectivity index (χ0v) is 12.0. The van der Waals surface area contributed by atoms with Gasteiger partial charge in [0, 0.05) is 25.0 Å². The Morgan fingerprint density at radius 2 is 1.61 bits per heavy atom.